The van der Waals surface area contributed by atoms with Gasteiger partial charge in [-0.2, -0.15) is 0 Å². The Hall–Kier alpha value is -2.08. The van der Waals surface area contributed by atoms with Gasteiger partial charge in [-0.3, -0.25) is 9.59 Å². The van der Waals surface area contributed by atoms with Gasteiger partial charge >= 0.3 is 0 Å². The second-order valence-electron chi connectivity index (χ2n) is 7.32. The molecule has 0 bridgehead atoms. The minimum Gasteiger partial charge on any atom is -0.497 e. The molecule has 0 saturated carbocycles. The van der Waals surface area contributed by atoms with Crippen molar-refractivity contribution in [1.82, 2.24) is 15.1 Å². The highest BCUT2D eigenvalue weighted by molar-refractivity contribution is 5.89. The fourth-order valence-corrected chi connectivity index (χ4v) is 3.30. The Balaban J connectivity index is 1.71. The number of nitrogens with zero attached hydrogens (tertiary/aromatic N) is 2. The van der Waals surface area contributed by atoms with E-state index in [1.807, 2.05) is 24.3 Å². The summed E-state index contributed by atoms with van der Waals surface area (Å²) in [6.07, 6.45) is 3.64. The lowest BCUT2D eigenvalue weighted by Crippen LogP contribution is -2.34. The van der Waals surface area contributed by atoms with E-state index in [0.29, 0.717) is 26.1 Å². The molecular weight excluding hydrogens is 342 g/mol. The van der Waals surface area contributed by atoms with E-state index in [4.69, 9.17) is 4.74 Å². The first kappa shape index (κ1) is 21.2. The number of rotatable bonds is 11. The van der Waals surface area contributed by atoms with Gasteiger partial charge in [0.2, 0.25) is 11.8 Å². The molecule has 1 aromatic carbocycles. The Labute approximate surface area is 162 Å². The highest BCUT2D eigenvalue weighted by atomic mass is 16.5. The van der Waals surface area contributed by atoms with E-state index in [0.717, 1.165) is 30.8 Å². The fraction of sp³-hybridized carbons (Fsp3) is 0.619. The predicted molar refractivity (Wildman–Crippen MR) is 107 cm³/mol. The van der Waals surface area contributed by atoms with Crippen LogP contribution in [0.5, 0.6) is 5.75 Å². The molecule has 27 heavy (non-hydrogen) atoms. The third-order valence-electron chi connectivity index (χ3n) is 5.03. The highest BCUT2D eigenvalue weighted by Crippen LogP contribution is 2.21. The van der Waals surface area contributed by atoms with Crippen LogP contribution in [0.3, 0.4) is 0 Å². The molecule has 1 heterocycles. The molecular formula is C21H33N3O3. The second kappa shape index (κ2) is 10.9. The zero-order valence-corrected chi connectivity index (χ0v) is 16.9. The van der Waals surface area contributed by atoms with Crippen LogP contribution in [0.15, 0.2) is 24.3 Å². The first-order chi connectivity index (χ1) is 13.0. The highest BCUT2D eigenvalue weighted by Gasteiger charge is 2.33. The number of methoxy groups -OCH3 is 1. The van der Waals surface area contributed by atoms with Gasteiger partial charge in [0, 0.05) is 26.1 Å². The van der Waals surface area contributed by atoms with Crippen molar-refractivity contribution in [1.29, 1.82) is 0 Å². The summed E-state index contributed by atoms with van der Waals surface area (Å²) < 4.78 is 5.15. The topological polar surface area (TPSA) is 61.9 Å². The van der Waals surface area contributed by atoms with Gasteiger partial charge in [0.25, 0.3) is 0 Å². The maximum Gasteiger partial charge on any atom is 0.225 e. The molecule has 150 valence electrons. The Morgan fingerprint density at radius 1 is 1.26 bits per heavy atom. The van der Waals surface area contributed by atoms with Gasteiger partial charge in [-0.15, -0.1) is 0 Å². The summed E-state index contributed by atoms with van der Waals surface area (Å²) in [7, 11) is 3.75. The van der Waals surface area contributed by atoms with Gasteiger partial charge in [0.1, 0.15) is 5.75 Å². The maximum absolute atomic E-state index is 12.4. The van der Waals surface area contributed by atoms with Crippen molar-refractivity contribution in [2.24, 2.45) is 5.92 Å². The van der Waals surface area contributed by atoms with Crippen molar-refractivity contribution in [3.8, 4) is 5.75 Å². The monoisotopic (exact) mass is 375 g/mol. The molecule has 6 heteroatoms. The standard InChI is InChI=1S/C21H33N3O3/c1-4-5-12-23(2)13-6-11-22-21(26)18-14-20(25)24(16-18)15-17-7-9-19(27-3)10-8-17/h7-10,18H,4-6,11-16H2,1-3H3,(H,22,26)/t18-/m0/s1. The van der Waals surface area contributed by atoms with E-state index < -0.39 is 0 Å². The molecule has 1 N–H and O–H groups in total. The fourth-order valence-electron chi connectivity index (χ4n) is 3.30. The van der Waals surface area contributed by atoms with Crippen LogP contribution in [-0.2, 0) is 16.1 Å². The first-order valence-corrected chi connectivity index (χ1v) is 9.90. The normalized spacial score (nSPS) is 16.8. The van der Waals surface area contributed by atoms with Crippen LogP contribution in [0.4, 0.5) is 0 Å². The summed E-state index contributed by atoms with van der Waals surface area (Å²) in [4.78, 5) is 28.7. The van der Waals surface area contributed by atoms with E-state index >= 15 is 0 Å². The molecule has 1 aliphatic heterocycles. The number of benzene rings is 1. The molecule has 0 radical (unpaired) electrons. The van der Waals surface area contributed by atoms with Crippen molar-refractivity contribution in [2.75, 3.05) is 40.3 Å². The summed E-state index contributed by atoms with van der Waals surface area (Å²) in [5.41, 5.74) is 1.04. The van der Waals surface area contributed by atoms with E-state index in [2.05, 4.69) is 24.2 Å². The third kappa shape index (κ3) is 6.86. The van der Waals surface area contributed by atoms with Crippen molar-refractivity contribution in [3.63, 3.8) is 0 Å². The van der Waals surface area contributed by atoms with Gasteiger partial charge in [0.15, 0.2) is 0 Å². The van der Waals surface area contributed by atoms with Crippen LogP contribution < -0.4 is 10.1 Å². The number of carbonyl (C=O) groups excluding carboxylic acids is 2. The zero-order chi connectivity index (χ0) is 19.6. The Bertz CT molecular complexity index is 603. The summed E-state index contributed by atoms with van der Waals surface area (Å²) in [6, 6.07) is 7.68. The molecule has 0 unspecified atom stereocenters. The molecule has 1 aromatic rings. The average Bonchev–Trinajstić information content (AvgIpc) is 3.04. The van der Waals surface area contributed by atoms with Crippen LogP contribution in [-0.4, -0.2) is 62.0 Å². The van der Waals surface area contributed by atoms with Gasteiger partial charge in [0.05, 0.1) is 13.0 Å². The zero-order valence-electron chi connectivity index (χ0n) is 16.9. The quantitative estimate of drug-likeness (QED) is 0.603. The van der Waals surface area contributed by atoms with Crippen LogP contribution in [0.1, 0.15) is 38.2 Å². The van der Waals surface area contributed by atoms with Gasteiger partial charge in [-0.25, -0.2) is 0 Å². The lowest BCUT2D eigenvalue weighted by Gasteiger charge is -2.18. The minimum atomic E-state index is -0.242. The first-order valence-electron chi connectivity index (χ1n) is 9.90. The van der Waals surface area contributed by atoms with Gasteiger partial charge in [-0.05, 0) is 50.7 Å². The second-order valence-corrected chi connectivity index (χ2v) is 7.32. The minimum absolute atomic E-state index is 0.00297. The van der Waals surface area contributed by atoms with Crippen molar-refractivity contribution >= 4 is 11.8 Å². The van der Waals surface area contributed by atoms with E-state index in [1.165, 1.54) is 12.8 Å². The van der Waals surface area contributed by atoms with Crippen molar-refractivity contribution in [2.45, 2.75) is 39.2 Å². The molecule has 2 amide bonds. The SMILES string of the molecule is CCCCN(C)CCCNC(=O)[C@H]1CC(=O)N(Cc2ccc(OC)cc2)C1. The molecule has 2 rings (SSSR count). The molecule has 0 aromatic heterocycles. The number of nitrogens with one attached hydrogen (secondary N) is 1. The molecule has 6 nitrogen and oxygen atoms in total. The summed E-state index contributed by atoms with van der Waals surface area (Å²) in [5.74, 6) is 0.597. The number of unbranched alkanes of at least 4 members (excludes halogenated alkanes) is 1. The van der Waals surface area contributed by atoms with Crippen molar-refractivity contribution in [3.05, 3.63) is 29.8 Å². The molecule has 1 saturated heterocycles. The lowest BCUT2D eigenvalue weighted by molar-refractivity contribution is -0.129. The van der Waals surface area contributed by atoms with Crippen molar-refractivity contribution < 1.29 is 14.3 Å². The Kier molecular flexibility index (Phi) is 8.58. The van der Waals surface area contributed by atoms with Crippen LogP contribution in [0.25, 0.3) is 0 Å². The molecule has 0 spiro atoms. The summed E-state index contributed by atoms with van der Waals surface area (Å²) >= 11 is 0. The van der Waals surface area contributed by atoms with E-state index in [9.17, 15) is 9.59 Å². The van der Waals surface area contributed by atoms with E-state index in [-0.39, 0.29) is 17.7 Å². The van der Waals surface area contributed by atoms with Gasteiger partial charge < -0.3 is 19.9 Å². The largest absolute Gasteiger partial charge is 0.497 e. The number of hydrogen-bond acceptors (Lipinski definition) is 4. The summed E-state index contributed by atoms with van der Waals surface area (Å²) in [6.45, 7) is 5.96. The molecule has 1 fully saturated rings. The lowest BCUT2D eigenvalue weighted by atomic mass is 10.1. The smallest absolute Gasteiger partial charge is 0.225 e. The number of hydrogen-bond donors (Lipinski definition) is 1. The number of ether oxygens (including phenoxy) is 1. The summed E-state index contributed by atoms with van der Waals surface area (Å²) in [5, 5.41) is 3.00. The number of likely N-dealkylation sites (tertiary alicyclic amines) is 1. The predicted octanol–water partition coefficient (Wildman–Crippen LogP) is 2.28. The molecule has 1 atom stereocenters. The third-order valence-corrected chi connectivity index (χ3v) is 5.03. The van der Waals surface area contributed by atoms with Crippen LogP contribution in [0.2, 0.25) is 0 Å². The maximum atomic E-state index is 12.4. The number of carbonyl (C=O) groups is 2. The molecule has 1 aliphatic rings. The van der Waals surface area contributed by atoms with Crippen LogP contribution in [0, 0.1) is 5.92 Å². The Morgan fingerprint density at radius 3 is 2.63 bits per heavy atom. The average molecular weight is 376 g/mol. The number of amides is 2. The molecule has 0 aliphatic carbocycles. The van der Waals surface area contributed by atoms with E-state index in [1.54, 1.807) is 12.0 Å². The van der Waals surface area contributed by atoms with Gasteiger partial charge in [-0.1, -0.05) is 25.5 Å². The Morgan fingerprint density at radius 2 is 1.96 bits per heavy atom. The van der Waals surface area contributed by atoms with Crippen LogP contribution >= 0.6 is 0 Å².